The van der Waals surface area contributed by atoms with Crippen molar-refractivity contribution in [1.29, 1.82) is 0 Å². The second-order valence-electron chi connectivity index (χ2n) is 4.77. The number of nitrogens with zero attached hydrogens (tertiary/aromatic N) is 3. The molecular weight excluding hydrogens is 336 g/mol. The summed E-state index contributed by atoms with van der Waals surface area (Å²) in [6, 6.07) is 8.27. The van der Waals surface area contributed by atoms with E-state index < -0.39 is 0 Å². The molecule has 0 aliphatic rings. The van der Waals surface area contributed by atoms with Crippen molar-refractivity contribution in [3.63, 3.8) is 0 Å². The molecule has 1 N–H and O–H groups in total. The van der Waals surface area contributed by atoms with Gasteiger partial charge in [0.1, 0.15) is 5.52 Å². The molecule has 0 spiro atoms. The van der Waals surface area contributed by atoms with Gasteiger partial charge in [0.05, 0.1) is 12.2 Å². The zero-order valence-corrected chi connectivity index (χ0v) is 13.8. The van der Waals surface area contributed by atoms with Gasteiger partial charge in [-0.25, -0.2) is 0 Å². The van der Waals surface area contributed by atoms with Crippen molar-refractivity contribution in [2.24, 2.45) is 7.05 Å². The Labute approximate surface area is 130 Å². The fraction of sp³-hybridized carbons (Fsp3) is 0.286. The van der Waals surface area contributed by atoms with Crippen molar-refractivity contribution in [2.75, 3.05) is 0 Å². The van der Waals surface area contributed by atoms with Gasteiger partial charge in [-0.15, -0.1) is 0 Å². The maximum atomic E-state index is 5.46. The summed E-state index contributed by atoms with van der Waals surface area (Å²) in [5.41, 5.74) is 4.36. The average Bonchev–Trinajstić information content (AvgIpc) is 2.88. The number of H-pyrrole nitrogens is 1. The number of hydrogen-bond acceptors (Lipinski definition) is 2. The van der Waals surface area contributed by atoms with E-state index in [1.54, 1.807) is 0 Å². The van der Waals surface area contributed by atoms with E-state index in [0.29, 0.717) is 0 Å². The van der Waals surface area contributed by atoms with Crippen LogP contribution in [0.4, 0.5) is 0 Å². The van der Waals surface area contributed by atoms with Crippen LogP contribution >= 0.6 is 28.1 Å². The fourth-order valence-electron chi connectivity index (χ4n) is 2.49. The lowest BCUT2D eigenvalue weighted by molar-refractivity contribution is 0.709. The van der Waals surface area contributed by atoms with E-state index in [1.165, 1.54) is 5.56 Å². The number of hydrogen-bond donors (Lipinski definition) is 1. The Kier molecular flexibility index (Phi) is 3.52. The quantitative estimate of drug-likeness (QED) is 0.729. The molecule has 20 heavy (non-hydrogen) atoms. The minimum Gasteiger partial charge on any atom is -0.328 e. The number of rotatable bonds is 3. The number of aryl methyl sites for hydroxylation is 2. The molecule has 6 heteroatoms. The predicted octanol–water partition coefficient (Wildman–Crippen LogP) is 3.81. The Hall–Kier alpha value is -1.40. The number of imidazole rings is 1. The molecule has 3 aromatic rings. The number of halogens is 1. The van der Waals surface area contributed by atoms with Gasteiger partial charge in [0, 0.05) is 11.5 Å². The highest BCUT2D eigenvalue weighted by molar-refractivity contribution is 9.10. The summed E-state index contributed by atoms with van der Waals surface area (Å²) in [6.45, 7) is 2.84. The van der Waals surface area contributed by atoms with E-state index in [1.807, 2.05) is 23.9 Å². The lowest BCUT2D eigenvalue weighted by Gasteiger charge is -2.05. The summed E-state index contributed by atoms with van der Waals surface area (Å²) < 4.78 is 5.81. The first-order chi connectivity index (χ1) is 9.60. The SMILES string of the molecule is CCc1nn(C)c2c1[nH]c(=S)n2Cc1cccc(Br)c1. The summed E-state index contributed by atoms with van der Waals surface area (Å²) in [7, 11) is 1.96. The fourth-order valence-corrected chi connectivity index (χ4v) is 3.19. The van der Waals surface area contributed by atoms with E-state index >= 15 is 0 Å². The number of aromatic nitrogens is 4. The molecule has 0 saturated heterocycles. The Morgan fingerprint density at radius 2 is 2.20 bits per heavy atom. The summed E-state index contributed by atoms with van der Waals surface area (Å²) in [5.74, 6) is 0. The molecule has 0 unspecified atom stereocenters. The molecule has 0 saturated carbocycles. The monoisotopic (exact) mass is 350 g/mol. The second-order valence-corrected chi connectivity index (χ2v) is 6.07. The standard InChI is InChI=1S/C14H15BrN4S/c1-3-11-12-13(18(2)17-11)19(14(20)16-12)8-9-5-4-6-10(15)7-9/h4-7H,3,8H2,1-2H3,(H,16,20). The summed E-state index contributed by atoms with van der Waals surface area (Å²) in [4.78, 5) is 3.29. The van der Waals surface area contributed by atoms with E-state index in [4.69, 9.17) is 12.2 Å². The Balaban J connectivity index is 2.14. The van der Waals surface area contributed by atoms with Gasteiger partial charge >= 0.3 is 0 Å². The lowest BCUT2D eigenvalue weighted by Crippen LogP contribution is -2.04. The maximum Gasteiger partial charge on any atom is 0.179 e. The molecule has 1 aromatic carbocycles. The molecule has 2 heterocycles. The lowest BCUT2D eigenvalue weighted by atomic mass is 10.2. The van der Waals surface area contributed by atoms with Crippen LogP contribution in [0, 0.1) is 4.77 Å². The molecule has 2 aromatic heterocycles. The van der Waals surface area contributed by atoms with Gasteiger partial charge in [-0.2, -0.15) is 5.10 Å². The van der Waals surface area contributed by atoms with E-state index in [9.17, 15) is 0 Å². The summed E-state index contributed by atoms with van der Waals surface area (Å²) >= 11 is 8.96. The van der Waals surface area contributed by atoms with E-state index in [2.05, 4.69) is 49.6 Å². The average molecular weight is 351 g/mol. The number of aromatic amines is 1. The minimum absolute atomic E-state index is 0.737. The van der Waals surface area contributed by atoms with Crippen LogP contribution in [0.25, 0.3) is 11.2 Å². The van der Waals surface area contributed by atoms with Gasteiger partial charge in [-0.3, -0.25) is 9.25 Å². The van der Waals surface area contributed by atoms with Crippen LogP contribution in [0.2, 0.25) is 0 Å². The molecule has 0 aliphatic heterocycles. The summed E-state index contributed by atoms with van der Waals surface area (Å²) in [5, 5.41) is 4.54. The van der Waals surface area contributed by atoms with E-state index in [0.717, 1.165) is 39.1 Å². The highest BCUT2D eigenvalue weighted by Gasteiger charge is 2.14. The predicted molar refractivity (Wildman–Crippen MR) is 86.5 cm³/mol. The van der Waals surface area contributed by atoms with E-state index in [-0.39, 0.29) is 0 Å². The zero-order valence-electron chi connectivity index (χ0n) is 11.4. The van der Waals surface area contributed by atoms with Crippen molar-refractivity contribution in [1.82, 2.24) is 19.3 Å². The van der Waals surface area contributed by atoms with Gasteiger partial charge in [0.25, 0.3) is 0 Å². The molecule has 0 radical (unpaired) electrons. The first-order valence-corrected chi connectivity index (χ1v) is 7.69. The summed E-state index contributed by atoms with van der Waals surface area (Å²) in [6.07, 6.45) is 0.892. The number of nitrogens with one attached hydrogen (secondary N) is 1. The molecule has 0 bridgehead atoms. The molecule has 4 nitrogen and oxygen atoms in total. The molecule has 0 fully saturated rings. The van der Waals surface area contributed by atoms with Crippen LogP contribution in [-0.2, 0) is 20.0 Å². The van der Waals surface area contributed by atoms with Crippen LogP contribution in [-0.4, -0.2) is 19.3 Å². The van der Waals surface area contributed by atoms with Crippen LogP contribution in [0.1, 0.15) is 18.2 Å². The highest BCUT2D eigenvalue weighted by atomic mass is 79.9. The maximum absolute atomic E-state index is 5.46. The van der Waals surface area contributed by atoms with Crippen LogP contribution in [0.3, 0.4) is 0 Å². The van der Waals surface area contributed by atoms with Crippen molar-refractivity contribution in [2.45, 2.75) is 19.9 Å². The zero-order chi connectivity index (χ0) is 14.3. The van der Waals surface area contributed by atoms with Gasteiger partial charge in [-0.1, -0.05) is 35.0 Å². The first-order valence-electron chi connectivity index (χ1n) is 6.49. The van der Waals surface area contributed by atoms with Gasteiger partial charge in [-0.05, 0) is 36.3 Å². The third kappa shape index (κ3) is 2.23. The van der Waals surface area contributed by atoms with Crippen LogP contribution in [0.15, 0.2) is 28.7 Å². The first kappa shape index (κ1) is 13.6. The Morgan fingerprint density at radius 1 is 1.40 bits per heavy atom. The molecule has 0 amide bonds. The number of benzene rings is 1. The molecule has 104 valence electrons. The molecule has 0 atom stereocenters. The van der Waals surface area contributed by atoms with Crippen molar-refractivity contribution < 1.29 is 0 Å². The number of fused-ring (bicyclic) bond motifs is 1. The highest BCUT2D eigenvalue weighted by Crippen LogP contribution is 2.20. The topological polar surface area (TPSA) is 38.5 Å². The third-order valence-corrected chi connectivity index (χ3v) is 4.20. The van der Waals surface area contributed by atoms with Crippen LogP contribution in [0.5, 0.6) is 0 Å². The molecule has 0 aliphatic carbocycles. The third-order valence-electron chi connectivity index (χ3n) is 3.39. The minimum atomic E-state index is 0.737. The second kappa shape index (κ2) is 5.18. The van der Waals surface area contributed by atoms with Crippen molar-refractivity contribution >= 4 is 39.3 Å². The van der Waals surface area contributed by atoms with Crippen LogP contribution < -0.4 is 0 Å². The van der Waals surface area contributed by atoms with Gasteiger partial charge in [0.2, 0.25) is 0 Å². The molecule has 3 rings (SSSR count). The smallest absolute Gasteiger partial charge is 0.179 e. The Morgan fingerprint density at radius 3 is 2.90 bits per heavy atom. The van der Waals surface area contributed by atoms with Gasteiger partial charge in [0.15, 0.2) is 10.4 Å². The van der Waals surface area contributed by atoms with Crippen molar-refractivity contribution in [3.8, 4) is 0 Å². The molecular formula is C14H15BrN4S. The van der Waals surface area contributed by atoms with Crippen molar-refractivity contribution in [3.05, 3.63) is 44.8 Å². The largest absolute Gasteiger partial charge is 0.328 e. The normalized spacial score (nSPS) is 11.3. The van der Waals surface area contributed by atoms with Gasteiger partial charge < -0.3 is 4.98 Å². The Bertz CT molecular complexity index is 827.